The van der Waals surface area contributed by atoms with Crippen molar-refractivity contribution in [3.8, 4) is 0 Å². The molecule has 0 saturated carbocycles. The molecule has 19 heteroatoms. The fourth-order valence-corrected chi connectivity index (χ4v) is 11.9. The van der Waals surface area contributed by atoms with Gasteiger partial charge in [0.15, 0.2) is 12.2 Å². The maximum absolute atomic E-state index is 13.1. The first-order valence-corrected chi connectivity index (χ1v) is 43.1. The van der Waals surface area contributed by atoms with Crippen molar-refractivity contribution < 1.29 is 80.2 Å². The van der Waals surface area contributed by atoms with E-state index in [4.69, 9.17) is 37.0 Å². The van der Waals surface area contributed by atoms with Gasteiger partial charge in [-0.05, 0) is 135 Å². The highest BCUT2D eigenvalue weighted by Gasteiger charge is 2.30. The summed E-state index contributed by atoms with van der Waals surface area (Å²) in [7, 11) is -9.99. The van der Waals surface area contributed by atoms with Crippen molar-refractivity contribution >= 4 is 39.5 Å². The lowest BCUT2D eigenvalue weighted by Crippen LogP contribution is -2.30. The Hall–Kier alpha value is -5.06. The van der Waals surface area contributed by atoms with Crippen LogP contribution in [0.5, 0.6) is 0 Å². The van der Waals surface area contributed by atoms with Crippen LogP contribution in [0.1, 0.15) is 310 Å². The highest BCUT2D eigenvalue weighted by atomic mass is 31.2. The lowest BCUT2D eigenvalue weighted by Gasteiger charge is -2.21. The van der Waals surface area contributed by atoms with E-state index < -0.39 is 97.5 Å². The summed E-state index contributed by atoms with van der Waals surface area (Å²) in [6.45, 7) is 4.45. The van der Waals surface area contributed by atoms with Crippen molar-refractivity contribution in [2.45, 2.75) is 329 Å². The molecule has 17 nitrogen and oxygen atoms in total. The summed E-state index contributed by atoms with van der Waals surface area (Å²) >= 11 is 0. The minimum atomic E-state index is -5.00. The molecule has 0 aliphatic heterocycles. The Kier molecular flexibility index (Phi) is 72.4. The van der Waals surface area contributed by atoms with E-state index in [1.54, 1.807) is 0 Å². The van der Waals surface area contributed by atoms with Gasteiger partial charge >= 0.3 is 39.5 Å². The molecule has 0 rings (SSSR count). The lowest BCUT2D eigenvalue weighted by molar-refractivity contribution is -0.161. The second-order valence-electron chi connectivity index (χ2n) is 26.2. The number of phosphoric acid groups is 2. The number of rotatable bonds is 74. The van der Waals surface area contributed by atoms with Crippen LogP contribution in [0.2, 0.25) is 0 Å². The monoisotopic (exact) mass is 1500 g/mol. The highest BCUT2D eigenvalue weighted by molar-refractivity contribution is 7.47. The quantitative estimate of drug-likeness (QED) is 0.0169. The van der Waals surface area contributed by atoms with E-state index in [0.717, 1.165) is 173 Å². The van der Waals surface area contributed by atoms with Crippen LogP contribution < -0.4 is 0 Å². The molecule has 0 fully saturated rings. The van der Waals surface area contributed by atoms with Gasteiger partial charge in [0.25, 0.3) is 0 Å². The first-order chi connectivity index (χ1) is 50.7. The molecular formula is C85H142O17P2. The number of ether oxygens (including phenoxy) is 4. The van der Waals surface area contributed by atoms with Gasteiger partial charge in [0.05, 0.1) is 26.4 Å². The van der Waals surface area contributed by atoms with Crippen molar-refractivity contribution in [1.82, 2.24) is 0 Å². The molecule has 0 aromatic rings. The summed E-state index contributed by atoms with van der Waals surface area (Å²) in [4.78, 5) is 73.0. The summed E-state index contributed by atoms with van der Waals surface area (Å²) in [5.41, 5.74) is 0. The number of carbonyl (C=O) groups is 4. The van der Waals surface area contributed by atoms with E-state index in [1.807, 2.05) is 12.2 Å². The second-order valence-corrected chi connectivity index (χ2v) is 29.1. The zero-order valence-electron chi connectivity index (χ0n) is 64.9. The standard InChI is InChI=1S/C85H142O17P2/c1-5-9-13-17-21-25-29-33-36-38-39-41-44-47-50-54-58-62-66-70-83(88)95-75-80(101-84(89)71-67-63-59-55-51-45-32-28-24-20-16-12-8-4)77-99-103(91,92)97-73-79(86)74-98-104(93,94)100-78-81(102-85(90)72-68-64-60-56-52-48-42-35-31-27-23-19-15-11-7-3)76-96-82(87)69-65-61-57-53-49-46-43-40-37-34-30-26-22-18-14-10-6-2/h9-11,13-15,21-23,25-27,33-37,39,41-43,46,53,57,79-81,86H,5-8,12,16-20,24,28-32,38,40,44-45,47-52,54-56,58-78H2,1-4H3,(H,91,92)(H,93,94)/b13-9-,14-10-,15-11-,25-21-,26-22-,27-23-,36-33-,37-34-,41-39-,42-35-,46-43-,57-53-. The van der Waals surface area contributed by atoms with Crippen LogP contribution in [-0.4, -0.2) is 96.7 Å². The van der Waals surface area contributed by atoms with Crippen molar-refractivity contribution in [2.75, 3.05) is 39.6 Å². The summed E-state index contributed by atoms with van der Waals surface area (Å²) in [5.74, 6) is -2.27. The zero-order valence-corrected chi connectivity index (χ0v) is 66.7. The molecule has 0 radical (unpaired) electrons. The number of unbranched alkanes of at least 4 members (excludes halogenated alkanes) is 24. The van der Waals surface area contributed by atoms with Gasteiger partial charge in [-0.3, -0.25) is 37.3 Å². The predicted octanol–water partition coefficient (Wildman–Crippen LogP) is 23.4. The number of carbonyl (C=O) groups excluding carboxylic acids is 4. The zero-order chi connectivity index (χ0) is 76.0. The van der Waals surface area contributed by atoms with Crippen molar-refractivity contribution in [1.29, 1.82) is 0 Å². The number of hydrogen-bond donors (Lipinski definition) is 3. The van der Waals surface area contributed by atoms with Gasteiger partial charge in [0.1, 0.15) is 19.3 Å². The van der Waals surface area contributed by atoms with E-state index in [2.05, 4.69) is 161 Å². The summed E-state index contributed by atoms with van der Waals surface area (Å²) in [6.07, 6.45) is 86.9. The smallest absolute Gasteiger partial charge is 0.462 e. The molecule has 0 spiro atoms. The first-order valence-electron chi connectivity index (χ1n) is 40.1. The molecule has 5 unspecified atom stereocenters. The van der Waals surface area contributed by atoms with Gasteiger partial charge in [-0.1, -0.05) is 296 Å². The molecule has 0 aromatic carbocycles. The Morgan fingerprint density at radius 3 is 0.808 bits per heavy atom. The Balaban J connectivity index is 5.41. The van der Waals surface area contributed by atoms with Crippen LogP contribution in [0.4, 0.5) is 0 Å². The van der Waals surface area contributed by atoms with Gasteiger partial charge < -0.3 is 33.8 Å². The normalized spacial score (nSPS) is 14.6. The molecule has 594 valence electrons. The molecule has 3 N–H and O–H groups in total. The van der Waals surface area contributed by atoms with E-state index in [-0.39, 0.29) is 25.7 Å². The van der Waals surface area contributed by atoms with Crippen LogP contribution >= 0.6 is 15.6 Å². The number of allylic oxidation sites excluding steroid dienone is 24. The molecule has 104 heavy (non-hydrogen) atoms. The number of hydrogen-bond acceptors (Lipinski definition) is 15. The minimum absolute atomic E-state index is 0.0595. The topological polar surface area (TPSA) is 237 Å². The SMILES string of the molecule is CC/C=C\C/C=C\C/C=C\C/C=C\C/C=C\CCCC(=O)OCC(COP(=O)(O)OCC(O)COP(=O)(O)OCC(COC(=O)CCCCCCCC/C=C\C/C=C\C/C=C\C/C=C\CC)OC(=O)CCCCCCCCCCCCCCC)OC(=O)CCCCCCC/C=C\C/C=C\C/C=C\CC. The maximum atomic E-state index is 13.1. The van der Waals surface area contributed by atoms with Crippen LogP contribution in [0, 0.1) is 0 Å². The lowest BCUT2D eigenvalue weighted by atomic mass is 10.0. The molecule has 0 aliphatic carbocycles. The largest absolute Gasteiger partial charge is 0.472 e. The molecule has 0 saturated heterocycles. The van der Waals surface area contributed by atoms with Crippen molar-refractivity contribution in [2.24, 2.45) is 0 Å². The van der Waals surface area contributed by atoms with Gasteiger partial charge in [-0.15, -0.1) is 0 Å². The molecule has 0 aromatic heterocycles. The van der Waals surface area contributed by atoms with E-state index in [9.17, 15) is 43.2 Å². The maximum Gasteiger partial charge on any atom is 0.472 e. The third kappa shape index (κ3) is 75.2. The third-order valence-electron chi connectivity index (χ3n) is 16.3. The molecule has 0 aliphatic rings. The number of aliphatic hydroxyl groups excluding tert-OH is 1. The Labute approximate surface area is 630 Å². The van der Waals surface area contributed by atoms with E-state index in [1.165, 1.54) is 51.4 Å². The number of esters is 4. The van der Waals surface area contributed by atoms with Crippen LogP contribution in [0.15, 0.2) is 146 Å². The van der Waals surface area contributed by atoms with Crippen molar-refractivity contribution in [3.63, 3.8) is 0 Å². The van der Waals surface area contributed by atoms with E-state index >= 15 is 0 Å². The third-order valence-corrected chi connectivity index (χ3v) is 18.2. The fraction of sp³-hybridized carbons (Fsp3) is 0.671. The molecule has 0 heterocycles. The average Bonchev–Trinajstić information content (AvgIpc) is 0.939. The van der Waals surface area contributed by atoms with Gasteiger partial charge in [0, 0.05) is 25.7 Å². The highest BCUT2D eigenvalue weighted by Crippen LogP contribution is 2.45. The van der Waals surface area contributed by atoms with Gasteiger partial charge in [-0.25, -0.2) is 9.13 Å². The fourth-order valence-electron chi connectivity index (χ4n) is 10.3. The summed E-state index contributed by atoms with van der Waals surface area (Å²) in [6, 6.07) is 0. The summed E-state index contributed by atoms with van der Waals surface area (Å²) < 4.78 is 68.6. The van der Waals surface area contributed by atoms with E-state index in [0.29, 0.717) is 32.1 Å². The summed E-state index contributed by atoms with van der Waals surface area (Å²) in [5, 5.41) is 10.6. The second kappa shape index (κ2) is 76.1. The Morgan fingerprint density at radius 2 is 0.510 bits per heavy atom. The average molecular weight is 1500 g/mol. The van der Waals surface area contributed by atoms with Gasteiger partial charge in [0.2, 0.25) is 0 Å². The van der Waals surface area contributed by atoms with Crippen molar-refractivity contribution in [3.05, 3.63) is 146 Å². The van der Waals surface area contributed by atoms with Crippen LogP contribution in [0.25, 0.3) is 0 Å². The number of phosphoric ester groups is 2. The Morgan fingerprint density at radius 1 is 0.279 bits per heavy atom. The van der Waals surface area contributed by atoms with Crippen LogP contribution in [0.3, 0.4) is 0 Å². The number of aliphatic hydroxyl groups is 1. The Bertz CT molecular complexity index is 2540. The minimum Gasteiger partial charge on any atom is -0.462 e. The first kappa shape index (κ1) is 98.9. The molecular weight excluding hydrogens is 1350 g/mol. The molecule has 5 atom stereocenters. The van der Waals surface area contributed by atoms with Gasteiger partial charge in [-0.2, -0.15) is 0 Å². The van der Waals surface area contributed by atoms with Crippen LogP contribution in [-0.2, 0) is 65.4 Å². The molecule has 0 amide bonds. The predicted molar refractivity (Wildman–Crippen MR) is 427 cm³/mol. The molecule has 0 bridgehead atoms.